The van der Waals surface area contributed by atoms with Gasteiger partial charge in [-0.15, -0.1) is 11.8 Å². The summed E-state index contributed by atoms with van der Waals surface area (Å²) in [5.74, 6) is 2.02. The minimum absolute atomic E-state index is 0.425. The molecule has 0 radical (unpaired) electrons. The van der Waals surface area contributed by atoms with Crippen molar-refractivity contribution in [3.63, 3.8) is 0 Å². The molecular weight excluding hydrogens is 158 g/mol. The smallest absolute Gasteiger partial charge is 0.118 e. The van der Waals surface area contributed by atoms with E-state index in [1.54, 1.807) is 6.20 Å². The molecule has 0 amide bonds. The number of thioether (sulfide) groups is 1. The number of imidazole rings is 1. The van der Waals surface area contributed by atoms with E-state index in [9.17, 15) is 0 Å². The van der Waals surface area contributed by atoms with E-state index in [1.165, 1.54) is 0 Å². The third kappa shape index (κ3) is 2.55. The summed E-state index contributed by atoms with van der Waals surface area (Å²) in [4.78, 5) is 7.22. The van der Waals surface area contributed by atoms with Crippen molar-refractivity contribution in [3.8, 4) is 0 Å². The molecule has 0 saturated heterocycles. The third-order valence-corrected chi connectivity index (χ3v) is 2.58. The van der Waals surface area contributed by atoms with Crippen molar-refractivity contribution in [2.45, 2.75) is 12.2 Å². The van der Waals surface area contributed by atoms with Gasteiger partial charge in [0.2, 0.25) is 0 Å². The molecule has 0 bridgehead atoms. The number of hydrogen-bond donors (Lipinski definition) is 2. The van der Waals surface area contributed by atoms with Crippen LogP contribution < -0.4 is 5.73 Å². The van der Waals surface area contributed by atoms with E-state index in [0.29, 0.717) is 5.25 Å². The van der Waals surface area contributed by atoms with E-state index < -0.39 is 0 Å². The molecule has 1 aromatic heterocycles. The second-order valence-corrected chi connectivity index (χ2v) is 3.72. The van der Waals surface area contributed by atoms with Crippen molar-refractivity contribution in [3.05, 3.63) is 18.2 Å². The van der Waals surface area contributed by atoms with Crippen molar-refractivity contribution in [2.24, 2.45) is 5.73 Å². The molecule has 4 heteroatoms. The van der Waals surface area contributed by atoms with Crippen LogP contribution in [0.15, 0.2) is 12.4 Å². The molecule has 0 aliphatic carbocycles. The van der Waals surface area contributed by atoms with E-state index in [2.05, 4.69) is 16.9 Å². The minimum Gasteiger partial charge on any atom is -0.348 e. The Morgan fingerprint density at radius 1 is 1.82 bits per heavy atom. The molecule has 0 aromatic carbocycles. The van der Waals surface area contributed by atoms with Crippen LogP contribution in [0.2, 0.25) is 0 Å². The molecule has 11 heavy (non-hydrogen) atoms. The van der Waals surface area contributed by atoms with Gasteiger partial charge in [-0.2, -0.15) is 0 Å². The van der Waals surface area contributed by atoms with Crippen LogP contribution in [0.1, 0.15) is 18.0 Å². The lowest BCUT2D eigenvalue weighted by molar-refractivity contribution is 0.959. The molecule has 1 atom stereocenters. The van der Waals surface area contributed by atoms with Crippen LogP contribution >= 0.6 is 11.8 Å². The lowest BCUT2D eigenvalue weighted by atomic mass is 10.5. The number of aromatic amines is 1. The van der Waals surface area contributed by atoms with Gasteiger partial charge in [-0.1, -0.05) is 0 Å². The first-order chi connectivity index (χ1) is 5.34. The van der Waals surface area contributed by atoms with Crippen LogP contribution in [0.3, 0.4) is 0 Å². The Hall–Kier alpha value is -0.480. The van der Waals surface area contributed by atoms with E-state index in [-0.39, 0.29) is 0 Å². The molecule has 0 spiro atoms. The van der Waals surface area contributed by atoms with Crippen LogP contribution in [0.4, 0.5) is 0 Å². The summed E-state index contributed by atoms with van der Waals surface area (Å²) in [7, 11) is 0. The Bertz CT molecular complexity index is 186. The van der Waals surface area contributed by atoms with Gasteiger partial charge in [-0.25, -0.2) is 4.98 Å². The highest BCUT2D eigenvalue weighted by atomic mass is 32.2. The average Bonchev–Trinajstić information content (AvgIpc) is 2.52. The molecule has 0 saturated carbocycles. The summed E-state index contributed by atoms with van der Waals surface area (Å²) in [6, 6.07) is 0. The number of nitrogens with one attached hydrogen (secondary N) is 1. The molecule has 3 nitrogen and oxygen atoms in total. The highest BCUT2D eigenvalue weighted by Crippen LogP contribution is 2.23. The second kappa shape index (κ2) is 4.41. The van der Waals surface area contributed by atoms with E-state index >= 15 is 0 Å². The molecule has 1 aromatic rings. The zero-order chi connectivity index (χ0) is 8.10. The summed E-state index contributed by atoms with van der Waals surface area (Å²) < 4.78 is 0. The maximum Gasteiger partial charge on any atom is 0.118 e. The lowest BCUT2D eigenvalue weighted by Gasteiger charge is -2.05. The summed E-state index contributed by atoms with van der Waals surface area (Å²) in [5, 5.41) is 0.425. The SMILES string of the molecule is CC(SCCN)c1ncc[nH]1. The number of nitrogens with two attached hydrogens (primary N) is 1. The lowest BCUT2D eigenvalue weighted by Crippen LogP contribution is -2.03. The first kappa shape index (κ1) is 8.62. The first-order valence-electron chi connectivity index (χ1n) is 3.65. The first-order valence-corrected chi connectivity index (χ1v) is 4.70. The van der Waals surface area contributed by atoms with Gasteiger partial charge in [0.15, 0.2) is 0 Å². The van der Waals surface area contributed by atoms with Crippen LogP contribution in [0.5, 0.6) is 0 Å². The third-order valence-electron chi connectivity index (χ3n) is 1.39. The molecule has 0 fully saturated rings. The summed E-state index contributed by atoms with van der Waals surface area (Å²) in [6.45, 7) is 2.86. The van der Waals surface area contributed by atoms with Crippen LogP contribution in [-0.4, -0.2) is 22.3 Å². The standard InChI is InChI=1S/C7H13N3S/c1-6(11-5-2-8)7-9-3-4-10-7/h3-4,6H,2,5,8H2,1H3,(H,9,10). The van der Waals surface area contributed by atoms with E-state index in [1.807, 2.05) is 18.0 Å². The molecule has 1 rings (SSSR count). The fourth-order valence-corrected chi connectivity index (χ4v) is 1.60. The Morgan fingerprint density at radius 2 is 2.64 bits per heavy atom. The Morgan fingerprint density at radius 3 is 3.18 bits per heavy atom. The summed E-state index contributed by atoms with van der Waals surface area (Å²) >= 11 is 1.82. The van der Waals surface area contributed by atoms with Gasteiger partial charge in [0, 0.05) is 24.7 Å². The molecular formula is C7H13N3S. The van der Waals surface area contributed by atoms with Gasteiger partial charge >= 0.3 is 0 Å². The van der Waals surface area contributed by atoms with Gasteiger partial charge in [-0.05, 0) is 6.92 Å². The fourth-order valence-electron chi connectivity index (χ4n) is 0.824. The predicted octanol–water partition coefficient (Wildman–Crippen LogP) is 1.16. The molecule has 0 aliphatic rings. The number of nitrogens with zero attached hydrogens (tertiary/aromatic N) is 1. The molecule has 1 unspecified atom stereocenters. The fraction of sp³-hybridized carbons (Fsp3) is 0.571. The largest absolute Gasteiger partial charge is 0.348 e. The minimum atomic E-state index is 0.425. The second-order valence-electron chi connectivity index (χ2n) is 2.28. The molecule has 1 heterocycles. The van der Waals surface area contributed by atoms with Crippen molar-refractivity contribution in [1.82, 2.24) is 9.97 Å². The molecule has 3 N–H and O–H groups in total. The van der Waals surface area contributed by atoms with Gasteiger partial charge in [0.05, 0.1) is 5.25 Å². The van der Waals surface area contributed by atoms with E-state index in [4.69, 9.17) is 5.73 Å². The van der Waals surface area contributed by atoms with Gasteiger partial charge in [0.1, 0.15) is 5.82 Å². The summed E-state index contributed by atoms with van der Waals surface area (Å²) in [5.41, 5.74) is 5.38. The Labute approximate surface area is 70.8 Å². The highest BCUT2D eigenvalue weighted by Gasteiger charge is 2.05. The molecule has 62 valence electrons. The van der Waals surface area contributed by atoms with Crippen LogP contribution in [0.25, 0.3) is 0 Å². The quantitative estimate of drug-likeness (QED) is 0.715. The van der Waals surface area contributed by atoms with Gasteiger partial charge in [0.25, 0.3) is 0 Å². The van der Waals surface area contributed by atoms with Gasteiger partial charge in [-0.3, -0.25) is 0 Å². The monoisotopic (exact) mass is 171 g/mol. The Kier molecular flexibility index (Phi) is 3.45. The maximum absolute atomic E-state index is 5.38. The number of hydrogen-bond acceptors (Lipinski definition) is 3. The Balaban J connectivity index is 2.36. The van der Waals surface area contributed by atoms with Crippen molar-refractivity contribution < 1.29 is 0 Å². The van der Waals surface area contributed by atoms with Crippen molar-refractivity contribution in [2.75, 3.05) is 12.3 Å². The summed E-state index contributed by atoms with van der Waals surface area (Å²) in [6.07, 6.45) is 3.61. The topological polar surface area (TPSA) is 54.7 Å². The average molecular weight is 171 g/mol. The maximum atomic E-state index is 5.38. The number of rotatable bonds is 4. The van der Waals surface area contributed by atoms with Crippen molar-refractivity contribution in [1.29, 1.82) is 0 Å². The van der Waals surface area contributed by atoms with E-state index in [0.717, 1.165) is 18.1 Å². The van der Waals surface area contributed by atoms with Crippen LogP contribution in [0, 0.1) is 0 Å². The van der Waals surface area contributed by atoms with Crippen LogP contribution in [-0.2, 0) is 0 Å². The zero-order valence-electron chi connectivity index (χ0n) is 6.58. The zero-order valence-corrected chi connectivity index (χ0v) is 7.40. The molecule has 0 aliphatic heterocycles. The normalized spacial score (nSPS) is 13.3. The van der Waals surface area contributed by atoms with Gasteiger partial charge < -0.3 is 10.7 Å². The number of aromatic nitrogens is 2. The number of H-pyrrole nitrogens is 1. The highest BCUT2D eigenvalue weighted by molar-refractivity contribution is 7.99. The van der Waals surface area contributed by atoms with Crippen molar-refractivity contribution >= 4 is 11.8 Å². The predicted molar refractivity (Wildman–Crippen MR) is 48.5 cm³/mol.